The van der Waals surface area contributed by atoms with Crippen molar-refractivity contribution in [3.63, 3.8) is 0 Å². The van der Waals surface area contributed by atoms with Gasteiger partial charge >= 0.3 is 12.4 Å². The topological polar surface area (TPSA) is 57.3 Å². The Morgan fingerprint density at radius 2 is 1.62 bits per heavy atom. The van der Waals surface area contributed by atoms with Crippen LogP contribution in [0.4, 0.5) is 32.0 Å². The zero-order chi connectivity index (χ0) is 18.5. The largest absolute Gasteiger partial charge is 0.416 e. The quantitative estimate of drug-likeness (QED) is 0.796. The number of nitrogens with one attached hydrogen (secondary N) is 2. The fourth-order valence-corrected chi connectivity index (χ4v) is 1.86. The van der Waals surface area contributed by atoms with Crippen molar-refractivity contribution in [1.29, 1.82) is 5.26 Å². The molecule has 4 nitrogen and oxygen atoms in total. The lowest BCUT2D eigenvalue weighted by Crippen LogP contribution is -3.10. The van der Waals surface area contributed by atoms with Crippen LogP contribution < -0.4 is 10.2 Å². The van der Waals surface area contributed by atoms with E-state index in [0.717, 1.165) is 0 Å². The van der Waals surface area contributed by atoms with Gasteiger partial charge in [0.15, 0.2) is 6.54 Å². The van der Waals surface area contributed by atoms with Crippen molar-refractivity contribution >= 4 is 11.6 Å². The van der Waals surface area contributed by atoms with Crippen LogP contribution in [0.15, 0.2) is 18.2 Å². The summed E-state index contributed by atoms with van der Waals surface area (Å²) in [5.41, 5.74) is -3.59. The second kappa shape index (κ2) is 7.53. The molecule has 0 aliphatic carbocycles. The van der Waals surface area contributed by atoms with E-state index in [4.69, 9.17) is 5.26 Å². The van der Waals surface area contributed by atoms with Crippen LogP contribution in [-0.2, 0) is 17.1 Å². The summed E-state index contributed by atoms with van der Waals surface area (Å²) < 4.78 is 76.2. The number of amides is 1. The Morgan fingerprint density at radius 1 is 1.12 bits per heavy atom. The smallest absolute Gasteiger partial charge is 0.329 e. The number of nitriles is 1. The van der Waals surface area contributed by atoms with Gasteiger partial charge in [0.05, 0.1) is 37.2 Å². The van der Waals surface area contributed by atoms with Gasteiger partial charge in [0.1, 0.15) is 0 Å². The Hall–Kier alpha value is -2.28. The predicted octanol–water partition coefficient (Wildman–Crippen LogP) is 2.09. The molecule has 10 heteroatoms. The molecule has 0 aliphatic heterocycles. The molecule has 0 heterocycles. The van der Waals surface area contributed by atoms with Crippen molar-refractivity contribution < 1.29 is 36.0 Å². The molecule has 0 bridgehead atoms. The van der Waals surface area contributed by atoms with Gasteiger partial charge in [-0.25, -0.2) is 0 Å². The van der Waals surface area contributed by atoms with Crippen molar-refractivity contribution in [3.05, 3.63) is 29.3 Å². The van der Waals surface area contributed by atoms with Crippen molar-refractivity contribution in [2.75, 3.05) is 25.5 Å². The maximum absolute atomic E-state index is 12.7. The van der Waals surface area contributed by atoms with Crippen molar-refractivity contribution in [2.45, 2.75) is 18.8 Å². The average Bonchev–Trinajstić information content (AvgIpc) is 2.42. The Labute approximate surface area is 133 Å². The molecular formula is C14H14F6N3O+. The van der Waals surface area contributed by atoms with E-state index >= 15 is 0 Å². The first-order chi connectivity index (χ1) is 10.9. The van der Waals surface area contributed by atoms with Crippen LogP contribution in [0, 0.1) is 11.3 Å². The number of rotatable bonds is 5. The molecule has 0 aliphatic rings. The molecule has 24 heavy (non-hydrogen) atoms. The second-order valence-corrected chi connectivity index (χ2v) is 5.13. The highest BCUT2D eigenvalue weighted by Crippen LogP contribution is 2.37. The summed E-state index contributed by atoms with van der Waals surface area (Å²) in [4.78, 5) is 12.3. The summed E-state index contributed by atoms with van der Waals surface area (Å²) in [6, 6.07) is 2.74. The Kier molecular flexibility index (Phi) is 6.20. The number of carbonyl (C=O) groups excluding carboxylic acids is 1. The molecule has 1 aromatic rings. The number of nitrogens with zero attached hydrogens (tertiary/aromatic N) is 1. The molecule has 0 saturated carbocycles. The van der Waals surface area contributed by atoms with Crippen LogP contribution in [0.2, 0.25) is 0 Å². The molecule has 0 fully saturated rings. The Morgan fingerprint density at radius 3 is 2.04 bits per heavy atom. The molecule has 0 aromatic heterocycles. The third kappa shape index (κ3) is 6.08. The van der Waals surface area contributed by atoms with Gasteiger partial charge in [-0.3, -0.25) is 4.79 Å². The molecule has 0 radical (unpaired) electrons. The van der Waals surface area contributed by atoms with E-state index in [0.29, 0.717) is 23.6 Å². The molecule has 2 N–H and O–H groups in total. The SMILES string of the molecule is C[NH+](CCC#N)CC(=O)Nc1cc(C(F)(F)F)cc(C(F)(F)F)c1. The van der Waals surface area contributed by atoms with Gasteiger partial charge in [-0.2, -0.15) is 31.6 Å². The summed E-state index contributed by atoms with van der Waals surface area (Å²) >= 11 is 0. The molecule has 0 spiro atoms. The Bertz CT molecular complexity index is 601. The van der Waals surface area contributed by atoms with Gasteiger partial charge in [-0.15, -0.1) is 0 Å². The van der Waals surface area contributed by atoms with Crippen LogP contribution in [0.25, 0.3) is 0 Å². The third-order valence-electron chi connectivity index (χ3n) is 3.00. The van der Waals surface area contributed by atoms with Crippen molar-refractivity contribution in [3.8, 4) is 6.07 Å². The fourth-order valence-electron chi connectivity index (χ4n) is 1.86. The second-order valence-electron chi connectivity index (χ2n) is 5.13. The minimum absolute atomic E-state index is 0.0139. The molecule has 1 amide bonds. The first kappa shape index (κ1) is 19.8. The minimum atomic E-state index is -4.98. The van der Waals surface area contributed by atoms with Gasteiger partial charge in [-0.05, 0) is 18.2 Å². The van der Waals surface area contributed by atoms with E-state index in [9.17, 15) is 31.1 Å². The van der Waals surface area contributed by atoms with Crippen LogP contribution >= 0.6 is 0 Å². The van der Waals surface area contributed by atoms with E-state index in [-0.39, 0.29) is 19.0 Å². The first-order valence-corrected chi connectivity index (χ1v) is 6.71. The average molecular weight is 354 g/mol. The number of hydrogen-bond donors (Lipinski definition) is 2. The number of alkyl halides is 6. The van der Waals surface area contributed by atoms with Gasteiger partial charge in [-0.1, -0.05) is 0 Å². The van der Waals surface area contributed by atoms with Crippen LogP contribution in [0.5, 0.6) is 0 Å². The van der Waals surface area contributed by atoms with E-state index < -0.39 is 35.1 Å². The van der Waals surface area contributed by atoms with E-state index in [1.807, 2.05) is 11.4 Å². The monoisotopic (exact) mass is 354 g/mol. The number of carbonyl (C=O) groups is 1. The highest BCUT2D eigenvalue weighted by atomic mass is 19.4. The minimum Gasteiger partial charge on any atom is -0.329 e. The highest BCUT2D eigenvalue weighted by molar-refractivity contribution is 5.91. The zero-order valence-corrected chi connectivity index (χ0v) is 12.5. The zero-order valence-electron chi connectivity index (χ0n) is 12.5. The number of anilines is 1. The predicted molar refractivity (Wildman–Crippen MR) is 71.9 cm³/mol. The lowest BCUT2D eigenvalue weighted by Gasteiger charge is -2.16. The lowest BCUT2D eigenvalue weighted by molar-refractivity contribution is -0.870. The number of hydrogen-bond acceptors (Lipinski definition) is 2. The normalized spacial score (nSPS) is 13.2. The van der Waals surface area contributed by atoms with Crippen molar-refractivity contribution in [2.24, 2.45) is 0 Å². The van der Waals surface area contributed by atoms with Crippen molar-refractivity contribution in [1.82, 2.24) is 0 Å². The maximum atomic E-state index is 12.7. The standard InChI is InChI=1S/C14H13F6N3O/c1-23(4-2-3-21)8-12(24)22-11-6-9(13(15,16)17)5-10(7-11)14(18,19)20/h5-7H,2,4,8H2,1H3,(H,22,24)/p+1. The molecule has 0 saturated heterocycles. The molecule has 1 unspecified atom stereocenters. The lowest BCUT2D eigenvalue weighted by atomic mass is 10.1. The number of benzene rings is 1. The first-order valence-electron chi connectivity index (χ1n) is 6.71. The summed E-state index contributed by atoms with van der Waals surface area (Å²) in [5, 5.41) is 10.5. The Balaban J connectivity index is 2.98. The molecule has 132 valence electrons. The maximum Gasteiger partial charge on any atom is 0.416 e. The summed E-state index contributed by atoms with van der Waals surface area (Å²) in [5.74, 6) is -0.752. The number of likely N-dealkylation sites (N-methyl/N-ethyl adjacent to an activating group) is 1. The summed E-state index contributed by atoms with van der Waals surface area (Å²) in [6.45, 7) is 0.125. The van der Waals surface area contributed by atoms with Gasteiger partial charge < -0.3 is 10.2 Å². The van der Waals surface area contributed by atoms with E-state index in [1.165, 1.54) is 0 Å². The molecule has 1 atom stereocenters. The number of halogens is 6. The fraction of sp³-hybridized carbons (Fsp3) is 0.429. The third-order valence-corrected chi connectivity index (χ3v) is 3.00. The van der Waals surface area contributed by atoms with E-state index in [2.05, 4.69) is 0 Å². The van der Waals surface area contributed by atoms with Crippen LogP contribution in [0.3, 0.4) is 0 Å². The number of quaternary nitrogens is 1. The summed E-state index contributed by atoms with van der Waals surface area (Å²) in [6.07, 6.45) is -9.79. The van der Waals surface area contributed by atoms with Gasteiger partial charge in [0.2, 0.25) is 0 Å². The summed E-state index contributed by atoms with van der Waals surface area (Å²) in [7, 11) is 1.57. The molecular weight excluding hydrogens is 340 g/mol. The highest BCUT2D eigenvalue weighted by Gasteiger charge is 2.37. The molecule has 1 aromatic carbocycles. The van der Waals surface area contributed by atoms with Crippen LogP contribution in [-0.4, -0.2) is 26.0 Å². The van der Waals surface area contributed by atoms with Gasteiger partial charge in [0.25, 0.3) is 5.91 Å². The van der Waals surface area contributed by atoms with E-state index in [1.54, 1.807) is 7.05 Å². The van der Waals surface area contributed by atoms with Gasteiger partial charge in [0, 0.05) is 5.69 Å². The molecule has 1 rings (SSSR count). The van der Waals surface area contributed by atoms with Crippen LogP contribution in [0.1, 0.15) is 17.5 Å².